The van der Waals surface area contributed by atoms with Crippen LogP contribution in [0.3, 0.4) is 0 Å². The topological polar surface area (TPSA) is 46.3 Å². The van der Waals surface area contributed by atoms with Gasteiger partial charge in [-0.1, -0.05) is 13.8 Å². The first-order valence-corrected chi connectivity index (χ1v) is 8.15. The summed E-state index contributed by atoms with van der Waals surface area (Å²) in [5, 5.41) is 4.48. The molecule has 0 aliphatic carbocycles. The molecule has 2 atom stereocenters. The molecule has 2 unspecified atom stereocenters. The van der Waals surface area contributed by atoms with Crippen molar-refractivity contribution < 1.29 is 0 Å². The minimum atomic E-state index is 0.447. The molecule has 112 valence electrons. The van der Waals surface area contributed by atoms with Crippen molar-refractivity contribution in [3.8, 4) is 0 Å². The summed E-state index contributed by atoms with van der Waals surface area (Å²) >= 11 is 0. The summed E-state index contributed by atoms with van der Waals surface area (Å²) in [6.07, 6.45) is 8.26. The molecule has 4 heterocycles. The normalized spacial score (nSPS) is 25.2. The minimum absolute atomic E-state index is 0.447. The van der Waals surface area contributed by atoms with Crippen LogP contribution in [0.4, 0.5) is 5.82 Å². The molecule has 0 N–H and O–H groups in total. The van der Waals surface area contributed by atoms with Crippen LogP contribution in [-0.2, 0) is 0 Å². The minimum Gasteiger partial charge on any atom is -0.350 e. The van der Waals surface area contributed by atoms with Crippen LogP contribution >= 0.6 is 0 Å². The molecule has 2 saturated heterocycles. The summed E-state index contributed by atoms with van der Waals surface area (Å²) in [5.74, 6) is 2.44. The Balaban J connectivity index is 1.97. The molecular formula is C16H23N5. The van der Waals surface area contributed by atoms with E-state index in [-0.39, 0.29) is 0 Å². The maximum Gasteiger partial charge on any atom is 0.254 e. The second kappa shape index (κ2) is 4.68. The zero-order valence-corrected chi connectivity index (χ0v) is 13.1. The molecule has 2 aliphatic rings. The number of anilines is 1. The predicted molar refractivity (Wildman–Crippen MR) is 82.7 cm³/mol. The van der Waals surface area contributed by atoms with Gasteiger partial charge in [0.05, 0.1) is 0 Å². The van der Waals surface area contributed by atoms with Crippen LogP contribution in [-0.4, -0.2) is 31.7 Å². The van der Waals surface area contributed by atoms with Crippen molar-refractivity contribution in [2.75, 3.05) is 4.90 Å². The molecule has 0 spiro atoms. The van der Waals surface area contributed by atoms with Gasteiger partial charge in [-0.05, 0) is 44.9 Å². The predicted octanol–water partition coefficient (Wildman–Crippen LogP) is 3.08. The number of hydrogen-bond donors (Lipinski definition) is 0. The molecule has 2 bridgehead atoms. The van der Waals surface area contributed by atoms with E-state index in [9.17, 15) is 0 Å². The molecule has 0 amide bonds. The Morgan fingerprint density at radius 1 is 1.14 bits per heavy atom. The van der Waals surface area contributed by atoms with Crippen LogP contribution in [0.15, 0.2) is 6.33 Å². The molecule has 21 heavy (non-hydrogen) atoms. The van der Waals surface area contributed by atoms with Crippen LogP contribution in [0.1, 0.15) is 63.1 Å². The van der Waals surface area contributed by atoms with Crippen molar-refractivity contribution in [3.05, 3.63) is 17.6 Å². The highest BCUT2D eigenvalue weighted by molar-refractivity contribution is 5.58. The number of hydrogen-bond acceptors (Lipinski definition) is 4. The fourth-order valence-corrected chi connectivity index (χ4v) is 4.33. The molecule has 5 nitrogen and oxygen atoms in total. The number of piperidine rings is 1. The Labute approximate surface area is 125 Å². The van der Waals surface area contributed by atoms with Gasteiger partial charge in [0.15, 0.2) is 0 Å². The molecule has 0 saturated carbocycles. The van der Waals surface area contributed by atoms with E-state index < -0.39 is 0 Å². The summed E-state index contributed by atoms with van der Waals surface area (Å²) in [5.41, 5.74) is 2.44. The zero-order valence-electron chi connectivity index (χ0n) is 13.1. The summed E-state index contributed by atoms with van der Waals surface area (Å²) in [6, 6.07) is 1.35. The smallest absolute Gasteiger partial charge is 0.254 e. The van der Waals surface area contributed by atoms with Gasteiger partial charge in [0.2, 0.25) is 0 Å². The van der Waals surface area contributed by atoms with Crippen LogP contribution < -0.4 is 4.90 Å². The molecule has 2 aromatic rings. The highest BCUT2D eigenvalue weighted by Crippen LogP contribution is 2.42. The van der Waals surface area contributed by atoms with E-state index >= 15 is 0 Å². The molecule has 5 heteroatoms. The Hall–Kier alpha value is -1.65. The van der Waals surface area contributed by atoms with Crippen molar-refractivity contribution in [2.45, 2.75) is 70.9 Å². The first-order valence-electron chi connectivity index (χ1n) is 8.15. The second-order valence-corrected chi connectivity index (χ2v) is 6.78. The van der Waals surface area contributed by atoms with Gasteiger partial charge in [0, 0.05) is 23.3 Å². The molecule has 2 aliphatic heterocycles. The van der Waals surface area contributed by atoms with Crippen molar-refractivity contribution in [1.29, 1.82) is 0 Å². The van der Waals surface area contributed by atoms with E-state index in [1.807, 2.05) is 4.52 Å². The molecule has 4 rings (SSSR count). The number of aryl methyl sites for hydroxylation is 1. The Morgan fingerprint density at radius 2 is 1.86 bits per heavy atom. The van der Waals surface area contributed by atoms with E-state index in [1.54, 1.807) is 6.33 Å². The van der Waals surface area contributed by atoms with Crippen LogP contribution in [0.5, 0.6) is 0 Å². The highest BCUT2D eigenvalue weighted by Gasteiger charge is 2.39. The lowest BCUT2D eigenvalue weighted by Gasteiger charge is -2.38. The lowest BCUT2D eigenvalue weighted by molar-refractivity contribution is 0.458. The molecule has 2 aromatic heterocycles. The number of rotatable bonds is 2. The number of nitrogens with zero attached hydrogens (tertiary/aromatic N) is 5. The third-order valence-corrected chi connectivity index (χ3v) is 5.15. The van der Waals surface area contributed by atoms with Gasteiger partial charge in [-0.25, -0.2) is 4.98 Å². The van der Waals surface area contributed by atoms with Gasteiger partial charge in [-0.2, -0.15) is 14.6 Å². The fraction of sp³-hybridized carbons (Fsp3) is 0.688. The standard InChI is InChI=1S/C16H23N5/c1-10(2)14-11(3)19-16-17-9-18-21(16)15(14)20-12-5-4-6-13(20)8-7-12/h9-10,12-13H,4-8H2,1-3H3. The highest BCUT2D eigenvalue weighted by atomic mass is 15.4. The van der Waals surface area contributed by atoms with Crippen LogP contribution in [0, 0.1) is 6.92 Å². The summed E-state index contributed by atoms with van der Waals surface area (Å²) in [6.45, 7) is 6.61. The van der Waals surface area contributed by atoms with Gasteiger partial charge in [0.1, 0.15) is 12.1 Å². The molecular weight excluding hydrogens is 262 g/mol. The Morgan fingerprint density at radius 3 is 2.52 bits per heavy atom. The Kier molecular flexibility index (Phi) is 2.91. The zero-order chi connectivity index (χ0) is 14.6. The monoisotopic (exact) mass is 285 g/mol. The van der Waals surface area contributed by atoms with Gasteiger partial charge >= 0.3 is 0 Å². The number of fused-ring (bicyclic) bond motifs is 3. The Bertz CT molecular complexity index is 659. The number of aromatic nitrogens is 4. The van der Waals surface area contributed by atoms with Crippen molar-refractivity contribution in [1.82, 2.24) is 19.6 Å². The van der Waals surface area contributed by atoms with E-state index in [0.717, 1.165) is 11.5 Å². The summed E-state index contributed by atoms with van der Waals surface area (Å²) in [4.78, 5) is 11.6. The van der Waals surface area contributed by atoms with E-state index in [4.69, 9.17) is 0 Å². The van der Waals surface area contributed by atoms with Crippen molar-refractivity contribution >= 4 is 11.6 Å². The maximum absolute atomic E-state index is 4.65. The fourth-order valence-electron chi connectivity index (χ4n) is 4.33. The summed E-state index contributed by atoms with van der Waals surface area (Å²) in [7, 11) is 0. The van der Waals surface area contributed by atoms with Crippen LogP contribution in [0.25, 0.3) is 5.78 Å². The molecule has 0 radical (unpaired) electrons. The first kappa shape index (κ1) is 13.0. The summed E-state index contributed by atoms with van der Waals surface area (Å²) < 4.78 is 1.97. The van der Waals surface area contributed by atoms with Crippen molar-refractivity contribution in [2.24, 2.45) is 0 Å². The van der Waals surface area contributed by atoms with Crippen molar-refractivity contribution in [3.63, 3.8) is 0 Å². The maximum atomic E-state index is 4.65. The average molecular weight is 285 g/mol. The lowest BCUT2D eigenvalue weighted by Crippen LogP contribution is -2.42. The van der Waals surface area contributed by atoms with Gasteiger partial charge in [-0.3, -0.25) is 0 Å². The lowest BCUT2D eigenvalue weighted by atomic mass is 9.97. The SMILES string of the molecule is Cc1nc2ncnn2c(N2C3CCCC2CC3)c1C(C)C. The third kappa shape index (κ3) is 1.86. The van der Waals surface area contributed by atoms with Gasteiger partial charge in [0.25, 0.3) is 5.78 Å². The van der Waals surface area contributed by atoms with Crippen LogP contribution in [0.2, 0.25) is 0 Å². The van der Waals surface area contributed by atoms with E-state index in [1.165, 1.54) is 43.5 Å². The molecule has 2 fully saturated rings. The molecule has 0 aromatic carbocycles. The first-order chi connectivity index (χ1) is 10.2. The average Bonchev–Trinajstić information content (AvgIpc) is 2.99. The van der Waals surface area contributed by atoms with Gasteiger partial charge in [-0.15, -0.1) is 0 Å². The van der Waals surface area contributed by atoms with Gasteiger partial charge < -0.3 is 4.90 Å². The largest absolute Gasteiger partial charge is 0.350 e. The van der Waals surface area contributed by atoms with E-state index in [2.05, 4.69) is 40.7 Å². The quantitative estimate of drug-likeness (QED) is 0.850. The third-order valence-electron chi connectivity index (χ3n) is 5.15. The van der Waals surface area contributed by atoms with E-state index in [0.29, 0.717) is 18.0 Å². The second-order valence-electron chi connectivity index (χ2n) is 6.78.